The molecule has 0 bridgehead atoms. The molecule has 0 saturated heterocycles. The highest BCUT2D eigenvalue weighted by atomic mass is 16.5. The molecule has 0 aliphatic heterocycles. The van der Waals surface area contributed by atoms with E-state index in [1.165, 1.54) is 6.08 Å². The van der Waals surface area contributed by atoms with E-state index in [2.05, 4.69) is 5.32 Å². The predicted octanol–water partition coefficient (Wildman–Crippen LogP) is 3.28. The van der Waals surface area contributed by atoms with E-state index in [1.54, 1.807) is 31.4 Å². The molecule has 2 aromatic carbocycles. The van der Waals surface area contributed by atoms with Crippen LogP contribution >= 0.6 is 0 Å². The second kappa shape index (κ2) is 10.8. The fourth-order valence-corrected chi connectivity index (χ4v) is 2.47. The minimum Gasteiger partial charge on any atom is -0.493 e. The molecule has 6 heteroatoms. The number of nitrogens with one attached hydrogen (secondary N) is 1. The average Bonchev–Trinajstić information content (AvgIpc) is 2.70. The third-order valence-corrected chi connectivity index (χ3v) is 3.98. The van der Waals surface area contributed by atoms with Crippen molar-refractivity contribution < 1.29 is 23.8 Å². The molecular formula is C22H25NO5. The minimum atomic E-state index is -0.597. The normalized spacial score (nSPS) is 10.5. The quantitative estimate of drug-likeness (QED) is 0.531. The van der Waals surface area contributed by atoms with E-state index in [9.17, 15) is 9.59 Å². The van der Waals surface area contributed by atoms with Crippen LogP contribution in [-0.2, 0) is 20.9 Å². The van der Waals surface area contributed by atoms with E-state index >= 15 is 0 Å². The molecule has 2 aromatic rings. The standard InChI is InChI=1S/C22H25NO5/c1-4-27-20-13-17(9-11-19(20)26-3)10-12-22(25)28-15-21(24)23-14-18-8-6-5-7-16(18)2/h5-13H,4,14-15H2,1-3H3,(H,23,24)/b12-10+. The average molecular weight is 383 g/mol. The number of hydrogen-bond donors (Lipinski definition) is 1. The molecule has 0 spiro atoms. The SMILES string of the molecule is CCOc1cc(/C=C/C(=O)OCC(=O)NCc2ccccc2C)ccc1OC. The van der Waals surface area contributed by atoms with E-state index < -0.39 is 5.97 Å². The summed E-state index contributed by atoms with van der Waals surface area (Å²) >= 11 is 0. The Morgan fingerprint density at radius 2 is 1.89 bits per heavy atom. The molecular weight excluding hydrogens is 358 g/mol. The van der Waals surface area contributed by atoms with E-state index in [1.807, 2.05) is 38.1 Å². The summed E-state index contributed by atoms with van der Waals surface area (Å²) in [5.74, 6) is 0.260. The van der Waals surface area contributed by atoms with Crippen LogP contribution < -0.4 is 14.8 Å². The van der Waals surface area contributed by atoms with Crippen LogP contribution in [0.4, 0.5) is 0 Å². The number of esters is 1. The van der Waals surface area contributed by atoms with Crippen LogP contribution in [0.15, 0.2) is 48.5 Å². The maximum absolute atomic E-state index is 11.9. The van der Waals surface area contributed by atoms with E-state index in [0.717, 1.165) is 16.7 Å². The number of amides is 1. The first-order valence-electron chi connectivity index (χ1n) is 9.00. The van der Waals surface area contributed by atoms with Crippen LogP contribution in [0.2, 0.25) is 0 Å². The lowest BCUT2D eigenvalue weighted by molar-refractivity contribution is -0.143. The zero-order chi connectivity index (χ0) is 20.4. The number of hydrogen-bond acceptors (Lipinski definition) is 5. The summed E-state index contributed by atoms with van der Waals surface area (Å²) in [6.07, 6.45) is 2.86. The van der Waals surface area contributed by atoms with Gasteiger partial charge in [0.2, 0.25) is 0 Å². The lowest BCUT2D eigenvalue weighted by atomic mass is 10.1. The van der Waals surface area contributed by atoms with Crippen LogP contribution in [0.5, 0.6) is 11.5 Å². The monoisotopic (exact) mass is 383 g/mol. The summed E-state index contributed by atoms with van der Waals surface area (Å²) in [6.45, 7) is 4.42. The molecule has 0 aromatic heterocycles. The number of benzene rings is 2. The summed E-state index contributed by atoms with van der Waals surface area (Å²) in [5.41, 5.74) is 2.87. The zero-order valence-electron chi connectivity index (χ0n) is 16.4. The molecule has 1 N–H and O–H groups in total. The van der Waals surface area contributed by atoms with Gasteiger partial charge in [0.15, 0.2) is 18.1 Å². The van der Waals surface area contributed by atoms with E-state index in [-0.39, 0.29) is 12.5 Å². The van der Waals surface area contributed by atoms with Gasteiger partial charge in [-0.3, -0.25) is 4.79 Å². The summed E-state index contributed by atoms with van der Waals surface area (Å²) in [7, 11) is 1.56. The molecule has 0 heterocycles. The van der Waals surface area contributed by atoms with Gasteiger partial charge in [-0.15, -0.1) is 0 Å². The van der Waals surface area contributed by atoms with Crippen LogP contribution in [0.25, 0.3) is 6.08 Å². The zero-order valence-corrected chi connectivity index (χ0v) is 16.4. The highest BCUT2D eigenvalue weighted by molar-refractivity contribution is 5.89. The molecule has 1 amide bonds. The van der Waals surface area contributed by atoms with Crippen molar-refractivity contribution in [3.63, 3.8) is 0 Å². The van der Waals surface area contributed by atoms with Gasteiger partial charge >= 0.3 is 5.97 Å². The van der Waals surface area contributed by atoms with Gasteiger partial charge in [-0.1, -0.05) is 30.3 Å². The maximum Gasteiger partial charge on any atom is 0.331 e. The molecule has 2 rings (SSSR count). The van der Waals surface area contributed by atoms with Crippen molar-refractivity contribution >= 4 is 18.0 Å². The summed E-state index contributed by atoms with van der Waals surface area (Å²) < 4.78 is 15.7. The smallest absolute Gasteiger partial charge is 0.331 e. The van der Waals surface area contributed by atoms with Gasteiger partial charge in [-0.2, -0.15) is 0 Å². The van der Waals surface area contributed by atoms with Gasteiger partial charge in [0.25, 0.3) is 5.91 Å². The molecule has 0 fully saturated rings. The topological polar surface area (TPSA) is 73.9 Å². The molecule has 0 atom stereocenters. The third kappa shape index (κ3) is 6.46. The fraction of sp³-hybridized carbons (Fsp3) is 0.273. The fourth-order valence-electron chi connectivity index (χ4n) is 2.47. The Bertz CT molecular complexity index is 845. The van der Waals surface area contributed by atoms with Crippen molar-refractivity contribution in [2.24, 2.45) is 0 Å². The van der Waals surface area contributed by atoms with Gasteiger partial charge in [-0.05, 0) is 48.7 Å². The van der Waals surface area contributed by atoms with Crippen molar-refractivity contribution in [1.82, 2.24) is 5.32 Å². The van der Waals surface area contributed by atoms with Crippen molar-refractivity contribution in [3.8, 4) is 11.5 Å². The molecule has 0 saturated carbocycles. The molecule has 0 aliphatic carbocycles. The molecule has 0 aliphatic rings. The van der Waals surface area contributed by atoms with Gasteiger partial charge < -0.3 is 19.5 Å². The number of ether oxygens (including phenoxy) is 3. The second-order valence-corrected chi connectivity index (χ2v) is 5.99. The van der Waals surface area contributed by atoms with E-state index in [4.69, 9.17) is 14.2 Å². The largest absolute Gasteiger partial charge is 0.493 e. The second-order valence-electron chi connectivity index (χ2n) is 5.99. The predicted molar refractivity (Wildman–Crippen MR) is 107 cm³/mol. The van der Waals surface area contributed by atoms with Gasteiger partial charge in [-0.25, -0.2) is 4.79 Å². The Morgan fingerprint density at radius 1 is 1.11 bits per heavy atom. The molecule has 0 unspecified atom stereocenters. The number of carbonyl (C=O) groups is 2. The highest BCUT2D eigenvalue weighted by Gasteiger charge is 2.07. The first-order valence-corrected chi connectivity index (χ1v) is 9.00. The van der Waals surface area contributed by atoms with Crippen molar-refractivity contribution in [3.05, 3.63) is 65.2 Å². The highest BCUT2D eigenvalue weighted by Crippen LogP contribution is 2.28. The summed E-state index contributed by atoms with van der Waals surface area (Å²) in [5, 5.41) is 2.73. The molecule has 28 heavy (non-hydrogen) atoms. The lowest BCUT2D eigenvalue weighted by Crippen LogP contribution is -2.28. The number of aryl methyl sites for hydroxylation is 1. The lowest BCUT2D eigenvalue weighted by Gasteiger charge is -2.09. The first-order chi connectivity index (χ1) is 13.5. The maximum atomic E-state index is 11.9. The Balaban J connectivity index is 1.82. The summed E-state index contributed by atoms with van der Waals surface area (Å²) in [6, 6.07) is 13.1. The Morgan fingerprint density at radius 3 is 2.61 bits per heavy atom. The van der Waals surface area contributed by atoms with Gasteiger partial charge in [0.1, 0.15) is 0 Å². The van der Waals surface area contributed by atoms with Crippen molar-refractivity contribution in [1.29, 1.82) is 0 Å². The van der Waals surface area contributed by atoms with Gasteiger partial charge in [0.05, 0.1) is 13.7 Å². The number of methoxy groups -OCH3 is 1. The third-order valence-electron chi connectivity index (χ3n) is 3.98. The van der Waals surface area contributed by atoms with Crippen LogP contribution in [0, 0.1) is 6.92 Å². The Hall–Kier alpha value is -3.28. The van der Waals surface area contributed by atoms with Crippen LogP contribution in [0.1, 0.15) is 23.6 Å². The Kier molecular flexibility index (Phi) is 8.09. The van der Waals surface area contributed by atoms with Crippen molar-refractivity contribution in [2.45, 2.75) is 20.4 Å². The number of carbonyl (C=O) groups excluding carboxylic acids is 2. The summed E-state index contributed by atoms with van der Waals surface area (Å²) in [4.78, 5) is 23.7. The van der Waals surface area contributed by atoms with Crippen LogP contribution in [-0.4, -0.2) is 32.2 Å². The first kappa shape index (κ1) is 21.0. The van der Waals surface area contributed by atoms with E-state index in [0.29, 0.717) is 24.7 Å². The van der Waals surface area contributed by atoms with Crippen LogP contribution in [0.3, 0.4) is 0 Å². The number of rotatable bonds is 9. The molecule has 148 valence electrons. The minimum absolute atomic E-state index is 0.331. The van der Waals surface area contributed by atoms with Gasteiger partial charge in [0, 0.05) is 12.6 Å². The molecule has 6 nitrogen and oxygen atoms in total. The molecule has 0 radical (unpaired) electrons. The Labute approximate surface area is 165 Å². The van der Waals surface area contributed by atoms with Crippen molar-refractivity contribution in [2.75, 3.05) is 20.3 Å².